The number of hydrogen-bond donors (Lipinski definition) is 1. The first-order valence-corrected chi connectivity index (χ1v) is 13.7. The molecule has 0 radical (unpaired) electrons. The van der Waals surface area contributed by atoms with Gasteiger partial charge in [0.05, 0.1) is 12.0 Å². The van der Waals surface area contributed by atoms with Crippen LogP contribution >= 0.6 is 0 Å². The fourth-order valence-electron chi connectivity index (χ4n) is 9.62. The topological polar surface area (TPSA) is 46.5 Å². The summed E-state index contributed by atoms with van der Waals surface area (Å²) in [7, 11) is 0. The largest absolute Gasteiger partial charge is 0.459 e. The number of fused-ring (bicyclic) bond motifs is 5. The molecule has 4 aliphatic carbocycles. The Kier molecular flexibility index (Phi) is 5.63. The van der Waals surface area contributed by atoms with Crippen molar-refractivity contribution in [3.05, 3.63) is 11.6 Å². The van der Waals surface area contributed by atoms with Gasteiger partial charge in [-0.25, -0.2) is 0 Å². The van der Waals surface area contributed by atoms with Gasteiger partial charge < -0.3 is 9.84 Å². The van der Waals surface area contributed by atoms with Crippen LogP contribution in [0.1, 0.15) is 105 Å². The fraction of sp³-hybridized carbons (Fsp3) is 0.897. The van der Waals surface area contributed by atoms with Crippen molar-refractivity contribution in [3.8, 4) is 0 Å². The third-order valence-electron chi connectivity index (χ3n) is 11.8. The highest BCUT2D eigenvalue weighted by atomic mass is 16.6. The zero-order valence-corrected chi connectivity index (χ0v) is 21.2. The smallest absolute Gasteiger partial charge is 0.309 e. The normalized spacial score (nSPS) is 50.8. The van der Waals surface area contributed by atoms with Crippen molar-refractivity contribution in [1.29, 1.82) is 0 Å². The van der Waals surface area contributed by atoms with Gasteiger partial charge in [0, 0.05) is 0 Å². The summed E-state index contributed by atoms with van der Waals surface area (Å²) in [5.74, 6) is 3.36. The van der Waals surface area contributed by atoms with Gasteiger partial charge in [-0.1, -0.05) is 46.3 Å². The van der Waals surface area contributed by atoms with Crippen LogP contribution < -0.4 is 0 Å². The number of rotatable bonds is 3. The van der Waals surface area contributed by atoms with Crippen LogP contribution in [0.3, 0.4) is 0 Å². The molecule has 5 rings (SSSR count). The summed E-state index contributed by atoms with van der Waals surface area (Å²) in [5.41, 5.74) is 1.89. The number of esters is 1. The number of hydrogen-bond acceptors (Lipinski definition) is 3. The summed E-state index contributed by atoms with van der Waals surface area (Å²) < 4.78 is 6.27. The lowest BCUT2D eigenvalue weighted by molar-refractivity contribution is -0.188. The average Bonchev–Trinajstić information content (AvgIpc) is 3.11. The SMILES string of the molecule is CC[C@@]1(C(C)C)CC[C@H]([C@H]2CC[C@H]3[C@@H]4CC=C5C[C@@H](O)CC[C@]5(C)[C@H]4CC[C@]23C)C(=O)O1. The lowest BCUT2D eigenvalue weighted by Gasteiger charge is -2.58. The van der Waals surface area contributed by atoms with Crippen LogP contribution in [0.4, 0.5) is 0 Å². The van der Waals surface area contributed by atoms with E-state index in [-0.39, 0.29) is 29.0 Å². The molecule has 3 nitrogen and oxygen atoms in total. The second-order valence-electron chi connectivity index (χ2n) is 13.0. The number of ether oxygens (including phenoxy) is 1. The van der Waals surface area contributed by atoms with Gasteiger partial charge in [0.1, 0.15) is 5.60 Å². The molecule has 0 bridgehead atoms. The van der Waals surface area contributed by atoms with Crippen LogP contribution in [0.2, 0.25) is 0 Å². The zero-order chi connectivity index (χ0) is 22.9. The molecule has 0 aromatic heterocycles. The Hall–Kier alpha value is -0.830. The lowest BCUT2D eigenvalue weighted by Crippen LogP contribution is -2.53. The van der Waals surface area contributed by atoms with Crippen LogP contribution in [-0.4, -0.2) is 22.8 Å². The zero-order valence-electron chi connectivity index (χ0n) is 21.2. The first-order valence-electron chi connectivity index (χ1n) is 13.7. The van der Waals surface area contributed by atoms with Crippen LogP contribution in [0.15, 0.2) is 11.6 Å². The molecular weight excluding hydrogens is 396 g/mol. The Bertz CT molecular complexity index is 785. The van der Waals surface area contributed by atoms with Gasteiger partial charge in [0.25, 0.3) is 0 Å². The van der Waals surface area contributed by atoms with Crippen LogP contribution in [-0.2, 0) is 9.53 Å². The highest BCUT2D eigenvalue weighted by molar-refractivity contribution is 5.74. The predicted octanol–water partition coefficient (Wildman–Crippen LogP) is 6.68. The minimum absolute atomic E-state index is 0.107. The molecule has 3 saturated carbocycles. The molecule has 0 aromatic rings. The standard InChI is InChI=1S/C29H46O3/c1-6-29(18(2)3)16-12-22(26(31)32-29)24-10-9-23-21-8-7-19-17-20(30)11-14-27(19,4)25(21)13-15-28(23,24)5/h7,18,20-25,30H,6,8-17H2,1-5H3/t20-,21-,22+,23-,24+,25-,27-,28-,29-/m0/s1. The molecule has 1 aliphatic heterocycles. The van der Waals surface area contributed by atoms with E-state index in [1.807, 2.05) is 0 Å². The van der Waals surface area contributed by atoms with Gasteiger partial charge in [-0.15, -0.1) is 0 Å². The van der Waals surface area contributed by atoms with Crippen molar-refractivity contribution in [2.24, 2.45) is 46.3 Å². The van der Waals surface area contributed by atoms with Crippen molar-refractivity contribution in [2.45, 2.75) is 117 Å². The number of allylic oxidation sites excluding steroid dienone is 1. The molecular formula is C29H46O3. The Balaban J connectivity index is 1.36. The monoisotopic (exact) mass is 442 g/mol. The molecule has 0 aromatic carbocycles. The second kappa shape index (κ2) is 7.85. The van der Waals surface area contributed by atoms with Crippen LogP contribution in [0.25, 0.3) is 0 Å². The van der Waals surface area contributed by atoms with E-state index in [0.717, 1.165) is 56.3 Å². The molecule has 5 aliphatic rings. The van der Waals surface area contributed by atoms with Gasteiger partial charge in [0.2, 0.25) is 0 Å². The first-order chi connectivity index (χ1) is 15.1. The van der Waals surface area contributed by atoms with Crippen molar-refractivity contribution in [2.75, 3.05) is 0 Å². The highest BCUT2D eigenvalue weighted by Crippen LogP contribution is 2.67. The molecule has 0 spiro atoms. The van der Waals surface area contributed by atoms with Crippen molar-refractivity contribution >= 4 is 5.97 Å². The molecule has 1 N–H and O–H groups in total. The Morgan fingerprint density at radius 1 is 1.03 bits per heavy atom. The minimum atomic E-state index is -0.241. The molecule has 0 amide bonds. The number of cyclic esters (lactones) is 1. The van der Waals surface area contributed by atoms with Crippen molar-refractivity contribution in [3.63, 3.8) is 0 Å². The van der Waals surface area contributed by atoms with Crippen molar-refractivity contribution in [1.82, 2.24) is 0 Å². The Morgan fingerprint density at radius 3 is 2.47 bits per heavy atom. The molecule has 4 fully saturated rings. The van der Waals surface area contributed by atoms with Gasteiger partial charge in [0.15, 0.2) is 0 Å². The van der Waals surface area contributed by atoms with E-state index in [9.17, 15) is 9.90 Å². The predicted molar refractivity (Wildman–Crippen MR) is 128 cm³/mol. The number of aliphatic hydroxyl groups excluding tert-OH is 1. The first kappa shape index (κ1) is 22.9. The maximum absolute atomic E-state index is 13.4. The molecule has 1 saturated heterocycles. The van der Waals surface area contributed by atoms with E-state index >= 15 is 0 Å². The van der Waals surface area contributed by atoms with E-state index in [2.05, 4.69) is 40.7 Å². The Morgan fingerprint density at radius 2 is 1.78 bits per heavy atom. The van der Waals surface area contributed by atoms with Crippen LogP contribution in [0.5, 0.6) is 0 Å². The molecule has 3 heteroatoms. The third-order valence-corrected chi connectivity index (χ3v) is 11.8. The van der Waals surface area contributed by atoms with Gasteiger partial charge in [-0.3, -0.25) is 4.79 Å². The minimum Gasteiger partial charge on any atom is -0.459 e. The lowest BCUT2D eigenvalue weighted by atomic mass is 9.47. The fourth-order valence-corrected chi connectivity index (χ4v) is 9.62. The maximum Gasteiger partial charge on any atom is 0.309 e. The van der Waals surface area contributed by atoms with Crippen molar-refractivity contribution < 1.29 is 14.6 Å². The van der Waals surface area contributed by atoms with E-state index in [0.29, 0.717) is 17.3 Å². The molecule has 0 unspecified atom stereocenters. The van der Waals surface area contributed by atoms with E-state index in [1.165, 1.54) is 32.1 Å². The molecule has 1 heterocycles. The third kappa shape index (κ3) is 3.19. The quantitative estimate of drug-likeness (QED) is 0.391. The van der Waals surface area contributed by atoms with E-state index in [1.54, 1.807) is 5.57 Å². The Labute approximate surface area is 195 Å². The highest BCUT2D eigenvalue weighted by Gasteiger charge is 2.61. The molecule has 9 atom stereocenters. The molecule has 180 valence electrons. The van der Waals surface area contributed by atoms with E-state index in [4.69, 9.17) is 4.74 Å². The number of carbonyl (C=O) groups excluding carboxylic acids is 1. The summed E-state index contributed by atoms with van der Waals surface area (Å²) in [4.78, 5) is 13.4. The summed E-state index contributed by atoms with van der Waals surface area (Å²) in [5, 5.41) is 10.3. The van der Waals surface area contributed by atoms with Gasteiger partial charge in [-0.2, -0.15) is 0 Å². The summed E-state index contributed by atoms with van der Waals surface area (Å²) >= 11 is 0. The second-order valence-corrected chi connectivity index (χ2v) is 13.0. The number of carbonyl (C=O) groups is 1. The molecule has 32 heavy (non-hydrogen) atoms. The maximum atomic E-state index is 13.4. The summed E-state index contributed by atoms with van der Waals surface area (Å²) in [6, 6.07) is 0. The summed E-state index contributed by atoms with van der Waals surface area (Å²) in [6.07, 6.45) is 14.6. The van der Waals surface area contributed by atoms with Gasteiger partial charge in [-0.05, 0) is 111 Å². The average molecular weight is 443 g/mol. The van der Waals surface area contributed by atoms with E-state index < -0.39 is 0 Å². The summed E-state index contributed by atoms with van der Waals surface area (Å²) in [6.45, 7) is 11.6. The number of aliphatic hydroxyl groups is 1. The van der Waals surface area contributed by atoms with Crippen LogP contribution in [0, 0.1) is 46.3 Å². The van der Waals surface area contributed by atoms with Gasteiger partial charge >= 0.3 is 5.97 Å².